The smallest absolute Gasteiger partial charge is 0.00674 e. The molecule has 0 saturated carbocycles. The lowest BCUT2D eigenvalue weighted by atomic mass is 10.2. The molecular formula is C8H17Br2N. The van der Waals surface area contributed by atoms with Crippen molar-refractivity contribution in [1.82, 2.24) is 4.90 Å². The molecule has 1 heterocycles. The standard InChI is InChI=1S/C8H16BrN.BrH/c1-8-4-2-6-10(8)7-3-5-9;/h8H,2-7H2,1H3;1H. The first kappa shape index (κ1) is 11.9. The molecule has 0 bridgehead atoms. The Hall–Kier alpha value is 0.920. The van der Waals surface area contributed by atoms with E-state index < -0.39 is 0 Å². The Kier molecular flexibility index (Phi) is 6.98. The van der Waals surface area contributed by atoms with Crippen molar-refractivity contribution in [3.8, 4) is 0 Å². The highest BCUT2D eigenvalue weighted by Gasteiger charge is 2.18. The predicted octanol–water partition coefficient (Wildman–Crippen LogP) is 2.83. The molecule has 68 valence electrons. The van der Waals surface area contributed by atoms with E-state index in [1.54, 1.807) is 0 Å². The fourth-order valence-corrected chi connectivity index (χ4v) is 1.84. The summed E-state index contributed by atoms with van der Waals surface area (Å²) in [6.45, 7) is 4.95. The minimum atomic E-state index is 0. The molecule has 3 heteroatoms. The second kappa shape index (κ2) is 6.44. The van der Waals surface area contributed by atoms with Gasteiger partial charge in [-0.15, -0.1) is 17.0 Å². The maximum absolute atomic E-state index is 3.45. The van der Waals surface area contributed by atoms with E-state index in [9.17, 15) is 0 Å². The molecule has 1 nitrogen and oxygen atoms in total. The van der Waals surface area contributed by atoms with E-state index in [0.717, 1.165) is 11.4 Å². The van der Waals surface area contributed by atoms with Crippen LogP contribution in [0.4, 0.5) is 0 Å². The Morgan fingerprint density at radius 2 is 2.27 bits per heavy atom. The maximum atomic E-state index is 3.45. The van der Waals surface area contributed by atoms with E-state index in [4.69, 9.17) is 0 Å². The molecule has 11 heavy (non-hydrogen) atoms. The van der Waals surface area contributed by atoms with E-state index >= 15 is 0 Å². The lowest BCUT2D eigenvalue weighted by molar-refractivity contribution is 0.270. The van der Waals surface area contributed by atoms with Gasteiger partial charge in [-0.1, -0.05) is 15.9 Å². The van der Waals surface area contributed by atoms with E-state index in [1.807, 2.05) is 0 Å². The van der Waals surface area contributed by atoms with Gasteiger partial charge in [-0.25, -0.2) is 0 Å². The average Bonchev–Trinajstić information content (AvgIpc) is 2.31. The lowest BCUT2D eigenvalue weighted by Gasteiger charge is -2.19. The van der Waals surface area contributed by atoms with E-state index in [2.05, 4.69) is 27.8 Å². The predicted molar refractivity (Wildman–Crippen MR) is 59.0 cm³/mol. The first-order valence-corrected chi connectivity index (χ1v) is 5.26. The number of rotatable bonds is 3. The van der Waals surface area contributed by atoms with E-state index in [0.29, 0.717) is 0 Å². The molecule has 1 unspecified atom stereocenters. The summed E-state index contributed by atoms with van der Waals surface area (Å²) in [7, 11) is 0. The third-order valence-corrected chi connectivity index (χ3v) is 2.83. The van der Waals surface area contributed by atoms with Crippen LogP contribution < -0.4 is 0 Å². The van der Waals surface area contributed by atoms with E-state index in [1.165, 1.54) is 32.4 Å². The second-order valence-corrected chi connectivity index (χ2v) is 3.86. The van der Waals surface area contributed by atoms with Crippen molar-refractivity contribution < 1.29 is 0 Å². The van der Waals surface area contributed by atoms with Gasteiger partial charge >= 0.3 is 0 Å². The molecule has 1 aliphatic rings. The molecule has 0 radical (unpaired) electrons. The number of alkyl halides is 1. The number of likely N-dealkylation sites (tertiary alicyclic amines) is 1. The van der Waals surface area contributed by atoms with Crippen LogP contribution in [-0.4, -0.2) is 29.4 Å². The van der Waals surface area contributed by atoms with Gasteiger partial charge < -0.3 is 4.90 Å². The normalized spacial score (nSPS) is 25.1. The molecular weight excluding hydrogens is 270 g/mol. The summed E-state index contributed by atoms with van der Waals surface area (Å²) in [5.41, 5.74) is 0. The number of nitrogens with zero attached hydrogens (tertiary/aromatic N) is 1. The van der Waals surface area contributed by atoms with Gasteiger partial charge in [0.25, 0.3) is 0 Å². The molecule has 0 amide bonds. The monoisotopic (exact) mass is 285 g/mol. The largest absolute Gasteiger partial charge is 0.301 e. The maximum Gasteiger partial charge on any atom is 0.00674 e. The van der Waals surface area contributed by atoms with E-state index in [-0.39, 0.29) is 17.0 Å². The number of hydrogen-bond acceptors (Lipinski definition) is 1. The Labute approximate surface area is 88.4 Å². The molecule has 1 fully saturated rings. The van der Waals surface area contributed by atoms with Gasteiger partial charge in [-0.3, -0.25) is 0 Å². The van der Waals surface area contributed by atoms with Crippen LogP contribution in [0.3, 0.4) is 0 Å². The van der Waals surface area contributed by atoms with Crippen molar-refractivity contribution in [2.24, 2.45) is 0 Å². The first-order chi connectivity index (χ1) is 4.84. The molecule has 0 spiro atoms. The highest BCUT2D eigenvalue weighted by atomic mass is 79.9. The Balaban J connectivity index is 0.000001000. The van der Waals surface area contributed by atoms with Crippen LogP contribution in [0.5, 0.6) is 0 Å². The Bertz CT molecular complexity index is 98.1. The van der Waals surface area contributed by atoms with Gasteiger partial charge in [0.05, 0.1) is 0 Å². The minimum Gasteiger partial charge on any atom is -0.301 e. The van der Waals surface area contributed by atoms with Gasteiger partial charge in [0.1, 0.15) is 0 Å². The second-order valence-electron chi connectivity index (χ2n) is 3.07. The third-order valence-electron chi connectivity index (χ3n) is 2.27. The fourth-order valence-electron chi connectivity index (χ4n) is 1.59. The molecule has 0 aromatic rings. The van der Waals surface area contributed by atoms with Gasteiger partial charge in [0.2, 0.25) is 0 Å². The summed E-state index contributed by atoms with van der Waals surface area (Å²) in [5, 5.41) is 1.15. The van der Waals surface area contributed by atoms with Crippen molar-refractivity contribution in [1.29, 1.82) is 0 Å². The summed E-state index contributed by atoms with van der Waals surface area (Å²) in [6, 6.07) is 0.846. The van der Waals surface area contributed by atoms with Gasteiger partial charge in [-0.05, 0) is 39.3 Å². The van der Waals surface area contributed by atoms with Crippen LogP contribution in [0, 0.1) is 0 Å². The van der Waals surface area contributed by atoms with Crippen LogP contribution in [0.2, 0.25) is 0 Å². The van der Waals surface area contributed by atoms with Crippen LogP contribution in [0.1, 0.15) is 26.2 Å². The molecule has 0 aromatic carbocycles. The molecule has 0 aromatic heterocycles. The quantitative estimate of drug-likeness (QED) is 0.721. The zero-order valence-corrected chi connectivity index (χ0v) is 10.4. The van der Waals surface area contributed by atoms with Crippen molar-refractivity contribution in [2.45, 2.75) is 32.2 Å². The zero-order chi connectivity index (χ0) is 7.40. The summed E-state index contributed by atoms with van der Waals surface area (Å²) in [6.07, 6.45) is 4.11. The Morgan fingerprint density at radius 3 is 2.73 bits per heavy atom. The third kappa shape index (κ3) is 3.90. The SMILES string of the molecule is Br.CC1CCCN1CCCBr. The topological polar surface area (TPSA) is 3.24 Å². The molecule has 1 saturated heterocycles. The lowest BCUT2D eigenvalue weighted by Crippen LogP contribution is -2.27. The van der Waals surface area contributed by atoms with Crippen molar-refractivity contribution in [3.05, 3.63) is 0 Å². The molecule has 0 aliphatic carbocycles. The van der Waals surface area contributed by atoms with Gasteiger partial charge in [0.15, 0.2) is 0 Å². The molecule has 0 N–H and O–H groups in total. The van der Waals surface area contributed by atoms with Crippen LogP contribution in [0.15, 0.2) is 0 Å². The van der Waals surface area contributed by atoms with Gasteiger partial charge in [-0.2, -0.15) is 0 Å². The highest BCUT2D eigenvalue weighted by Crippen LogP contribution is 2.16. The summed E-state index contributed by atoms with van der Waals surface area (Å²) < 4.78 is 0. The first-order valence-electron chi connectivity index (χ1n) is 4.14. The zero-order valence-electron chi connectivity index (χ0n) is 7.05. The number of hydrogen-bond donors (Lipinski definition) is 0. The van der Waals surface area contributed by atoms with Crippen LogP contribution >= 0.6 is 32.9 Å². The van der Waals surface area contributed by atoms with Crippen molar-refractivity contribution in [2.75, 3.05) is 18.4 Å². The number of halogens is 2. The van der Waals surface area contributed by atoms with Gasteiger partial charge in [0, 0.05) is 11.4 Å². The average molecular weight is 287 g/mol. The van der Waals surface area contributed by atoms with Crippen molar-refractivity contribution >= 4 is 32.9 Å². The Morgan fingerprint density at radius 1 is 1.55 bits per heavy atom. The van der Waals surface area contributed by atoms with Crippen LogP contribution in [-0.2, 0) is 0 Å². The summed E-state index contributed by atoms with van der Waals surface area (Å²) in [5.74, 6) is 0. The summed E-state index contributed by atoms with van der Waals surface area (Å²) in [4.78, 5) is 2.58. The molecule has 1 atom stereocenters. The van der Waals surface area contributed by atoms with Crippen LogP contribution in [0.25, 0.3) is 0 Å². The highest BCUT2D eigenvalue weighted by molar-refractivity contribution is 9.09. The minimum absolute atomic E-state index is 0. The molecule has 1 rings (SSSR count). The fraction of sp³-hybridized carbons (Fsp3) is 1.00. The molecule has 1 aliphatic heterocycles. The van der Waals surface area contributed by atoms with Crippen molar-refractivity contribution in [3.63, 3.8) is 0 Å². The summed E-state index contributed by atoms with van der Waals surface area (Å²) >= 11 is 3.45.